The van der Waals surface area contributed by atoms with Crippen molar-refractivity contribution < 1.29 is 9.90 Å². The van der Waals surface area contributed by atoms with Crippen LogP contribution in [0, 0.1) is 11.8 Å². The number of rotatable bonds is 2. The molecule has 3 N–H and O–H groups in total. The van der Waals surface area contributed by atoms with Crippen LogP contribution in [0.3, 0.4) is 0 Å². The zero-order valence-electron chi connectivity index (χ0n) is 5.21. The number of hydrogen-bond donors (Lipinski definition) is 2. The zero-order valence-corrected chi connectivity index (χ0v) is 5.21. The summed E-state index contributed by atoms with van der Waals surface area (Å²) in [6.45, 7) is 0.643. The molecule has 1 aliphatic rings. The average Bonchev–Trinajstić information content (AvgIpc) is 1.61. The lowest BCUT2D eigenvalue weighted by Gasteiger charge is -2.30. The zero-order chi connectivity index (χ0) is 6.85. The minimum Gasteiger partial charge on any atom is -0.481 e. The summed E-state index contributed by atoms with van der Waals surface area (Å²) < 4.78 is 0. The van der Waals surface area contributed by atoms with Gasteiger partial charge in [-0.15, -0.1) is 0 Å². The Morgan fingerprint density at radius 1 is 1.67 bits per heavy atom. The van der Waals surface area contributed by atoms with Crippen molar-refractivity contribution in [1.29, 1.82) is 0 Å². The van der Waals surface area contributed by atoms with Gasteiger partial charge >= 0.3 is 5.97 Å². The highest BCUT2D eigenvalue weighted by Gasteiger charge is 2.32. The van der Waals surface area contributed by atoms with Gasteiger partial charge in [-0.2, -0.15) is 0 Å². The largest absolute Gasteiger partial charge is 0.481 e. The van der Waals surface area contributed by atoms with Crippen molar-refractivity contribution in [2.45, 2.75) is 12.8 Å². The Morgan fingerprint density at radius 2 is 2.22 bits per heavy atom. The fourth-order valence-corrected chi connectivity index (χ4v) is 1.13. The third-order valence-electron chi connectivity index (χ3n) is 1.92. The highest BCUT2D eigenvalue weighted by atomic mass is 16.4. The maximum Gasteiger partial charge on any atom is 0.306 e. The molecule has 0 aromatic rings. The molecule has 1 saturated carbocycles. The monoisotopic (exact) mass is 129 g/mol. The molecule has 0 spiro atoms. The molecule has 0 aromatic heterocycles. The van der Waals surface area contributed by atoms with Crippen molar-refractivity contribution in [3.63, 3.8) is 0 Å². The second-order valence-electron chi connectivity index (χ2n) is 2.61. The molecule has 9 heavy (non-hydrogen) atoms. The van der Waals surface area contributed by atoms with E-state index in [0.717, 1.165) is 12.8 Å². The standard InChI is InChI=1S/C6H11NO2/c7-3-4-1-5(2-4)6(8)9/h4-5H,1-3,7H2,(H,8,9)/t4-,5+. The van der Waals surface area contributed by atoms with Crippen molar-refractivity contribution >= 4 is 5.97 Å². The minimum atomic E-state index is -0.667. The topological polar surface area (TPSA) is 63.3 Å². The Bertz CT molecular complexity index is 118. The van der Waals surface area contributed by atoms with Gasteiger partial charge in [-0.05, 0) is 25.3 Å². The van der Waals surface area contributed by atoms with Gasteiger partial charge in [0, 0.05) is 0 Å². The molecule has 3 heteroatoms. The van der Waals surface area contributed by atoms with E-state index in [0.29, 0.717) is 12.5 Å². The molecule has 1 aliphatic carbocycles. The van der Waals surface area contributed by atoms with E-state index >= 15 is 0 Å². The number of carboxylic acids is 1. The van der Waals surface area contributed by atoms with Crippen LogP contribution in [0.4, 0.5) is 0 Å². The number of carbonyl (C=O) groups is 1. The minimum absolute atomic E-state index is 0.0986. The predicted molar refractivity (Wildman–Crippen MR) is 32.9 cm³/mol. The van der Waals surface area contributed by atoms with Crippen LogP contribution < -0.4 is 5.73 Å². The smallest absolute Gasteiger partial charge is 0.306 e. The maximum atomic E-state index is 10.2. The first-order chi connectivity index (χ1) is 4.24. The van der Waals surface area contributed by atoms with Gasteiger partial charge in [-0.1, -0.05) is 0 Å². The highest BCUT2D eigenvalue weighted by molar-refractivity contribution is 5.71. The van der Waals surface area contributed by atoms with Crippen molar-refractivity contribution in [1.82, 2.24) is 0 Å². The third-order valence-corrected chi connectivity index (χ3v) is 1.92. The van der Waals surface area contributed by atoms with E-state index < -0.39 is 5.97 Å². The van der Waals surface area contributed by atoms with Gasteiger partial charge < -0.3 is 10.8 Å². The predicted octanol–water partition coefficient (Wildman–Crippen LogP) is 0.0559. The molecule has 0 saturated heterocycles. The van der Waals surface area contributed by atoms with Crippen molar-refractivity contribution in [2.75, 3.05) is 6.54 Å². The quantitative estimate of drug-likeness (QED) is 0.554. The first kappa shape index (κ1) is 6.55. The van der Waals surface area contributed by atoms with Gasteiger partial charge in [-0.25, -0.2) is 0 Å². The van der Waals surface area contributed by atoms with Crippen LogP contribution in [0.1, 0.15) is 12.8 Å². The summed E-state index contributed by atoms with van der Waals surface area (Å²) in [6.07, 6.45) is 1.57. The Hall–Kier alpha value is -0.570. The lowest BCUT2D eigenvalue weighted by molar-refractivity contribution is -0.146. The molecule has 0 bridgehead atoms. The van der Waals surface area contributed by atoms with E-state index in [1.54, 1.807) is 0 Å². The lowest BCUT2D eigenvalue weighted by Crippen LogP contribution is -2.34. The number of nitrogens with two attached hydrogens (primary N) is 1. The lowest BCUT2D eigenvalue weighted by atomic mass is 9.75. The van der Waals surface area contributed by atoms with Gasteiger partial charge in [0.1, 0.15) is 0 Å². The van der Waals surface area contributed by atoms with Gasteiger partial charge in [-0.3, -0.25) is 4.79 Å². The van der Waals surface area contributed by atoms with Crippen LogP contribution in [0.25, 0.3) is 0 Å². The molecule has 0 heterocycles. The fraction of sp³-hybridized carbons (Fsp3) is 0.833. The summed E-state index contributed by atoms with van der Waals surface area (Å²) in [6, 6.07) is 0. The second-order valence-corrected chi connectivity index (χ2v) is 2.61. The molecule has 3 nitrogen and oxygen atoms in total. The fourth-order valence-electron chi connectivity index (χ4n) is 1.13. The SMILES string of the molecule is NC[C@H]1C[C@@H](C(=O)O)C1. The first-order valence-electron chi connectivity index (χ1n) is 3.17. The number of aliphatic carboxylic acids is 1. The Balaban J connectivity index is 2.19. The first-order valence-corrected chi connectivity index (χ1v) is 3.17. The number of carboxylic acid groups (broad SMARTS) is 1. The van der Waals surface area contributed by atoms with Crippen molar-refractivity contribution in [3.8, 4) is 0 Å². The van der Waals surface area contributed by atoms with E-state index in [1.807, 2.05) is 0 Å². The van der Waals surface area contributed by atoms with Gasteiger partial charge in [0.2, 0.25) is 0 Å². The number of hydrogen-bond acceptors (Lipinski definition) is 2. The van der Waals surface area contributed by atoms with Crippen molar-refractivity contribution in [3.05, 3.63) is 0 Å². The van der Waals surface area contributed by atoms with E-state index in [4.69, 9.17) is 10.8 Å². The molecule has 52 valence electrons. The van der Waals surface area contributed by atoms with Crippen LogP contribution in [0.15, 0.2) is 0 Å². The molecule has 0 aliphatic heterocycles. The van der Waals surface area contributed by atoms with E-state index in [-0.39, 0.29) is 5.92 Å². The highest BCUT2D eigenvalue weighted by Crippen LogP contribution is 2.32. The summed E-state index contributed by atoms with van der Waals surface area (Å²) in [4.78, 5) is 10.2. The average molecular weight is 129 g/mol. The maximum absolute atomic E-state index is 10.2. The van der Waals surface area contributed by atoms with Gasteiger partial charge in [0.25, 0.3) is 0 Å². The Kier molecular flexibility index (Phi) is 1.71. The van der Waals surface area contributed by atoms with Gasteiger partial charge in [0.15, 0.2) is 0 Å². The normalized spacial score (nSPS) is 33.4. The van der Waals surface area contributed by atoms with Crippen LogP contribution in [-0.2, 0) is 4.79 Å². The summed E-state index contributed by atoms with van der Waals surface area (Å²) in [5.41, 5.74) is 5.30. The van der Waals surface area contributed by atoms with Crippen molar-refractivity contribution in [2.24, 2.45) is 17.6 Å². The Morgan fingerprint density at radius 3 is 2.56 bits per heavy atom. The molecular weight excluding hydrogens is 118 g/mol. The molecule has 1 fully saturated rings. The van der Waals surface area contributed by atoms with E-state index in [1.165, 1.54) is 0 Å². The molecule has 0 unspecified atom stereocenters. The summed E-state index contributed by atoms with van der Waals surface area (Å²) in [7, 11) is 0. The summed E-state index contributed by atoms with van der Waals surface area (Å²) >= 11 is 0. The van der Waals surface area contributed by atoms with Crippen LogP contribution in [-0.4, -0.2) is 17.6 Å². The summed E-state index contributed by atoms with van der Waals surface area (Å²) in [5.74, 6) is -0.288. The van der Waals surface area contributed by atoms with E-state index in [9.17, 15) is 4.79 Å². The molecule has 0 radical (unpaired) electrons. The van der Waals surface area contributed by atoms with Gasteiger partial charge in [0.05, 0.1) is 5.92 Å². The molecule has 0 atom stereocenters. The molecule has 0 aromatic carbocycles. The van der Waals surface area contributed by atoms with Crippen LogP contribution >= 0.6 is 0 Å². The second kappa shape index (κ2) is 2.35. The van der Waals surface area contributed by atoms with Crippen LogP contribution in [0.5, 0.6) is 0 Å². The molecular formula is C6H11NO2. The molecule has 1 rings (SSSR count). The summed E-state index contributed by atoms with van der Waals surface area (Å²) in [5, 5.41) is 8.41. The molecule has 0 amide bonds. The third kappa shape index (κ3) is 1.21. The van der Waals surface area contributed by atoms with Crippen LogP contribution in [0.2, 0.25) is 0 Å². The Labute approximate surface area is 53.9 Å². The van der Waals surface area contributed by atoms with E-state index in [2.05, 4.69) is 0 Å².